The van der Waals surface area contributed by atoms with Crippen molar-refractivity contribution in [1.82, 2.24) is 9.55 Å². The van der Waals surface area contributed by atoms with E-state index in [1.165, 1.54) is 0 Å². The predicted octanol–water partition coefficient (Wildman–Crippen LogP) is 1.27. The first-order valence-corrected chi connectivity index (χ1v) is 6.78. The fourth-order valence-electron chi connectivity index (χ4n) is 2.09. The Balaban J connectivity index is 2.30. The molecule has 0 radical (unpaired) electrons. The van der Waals surface area contributed by atoms with Gasteiger partial charge in [0.25, 0.3) is 0 Å². The Hall–Kier alpha value is -1.01. The lowest BCUT2D eigenvalue weighted by atomic mass is 9.86. The third kappa shape index (κ3) is 2.39. The highest BCUT2D eigenvalue weighted by atomic mass is 16.7. The lowest BCUT2D eigenvalue weighted by Crippen LogP contribution is -2.41. The van der Waals surface area contributed by atoms with Crippen molar-refractivity contribution in [2.45, 2.75) is 52.4 Å². The van der Waals surface area contributed by atoms with Crippen LogP contribution in [-0.2, 0) is 15.9 Å². The van der Waals surface area contributed by atoms with Crippen molar-refractivity contribution in [2.24, 2.45) is 0 Å². The monoisotopic (exact) mass is 265 g/mol. The largest absolute Gasteiger partial charge is 0.516 e. The van der Waals surface area contributed by atoms with Gasteiger partial charge in [-0.2, -0.15) is 0 Å². The average molecular weight is 265 g/mol. The minimum atomic E-state index is -0.392. The van der Waals surface area contributed by atoms with E-state index in [2.05, 4.69) is 44.2 Å². The van der Waals surface area contributed by atoms with Gasteiger partial charge in [0.2, 0.25) is 5.95 Å². The predicted molar refractivity (Wildman–Crippen MR) is 77.9 cm³/mol. The first-order chi connectivity index (χ1) is 8.68. The minimum absolute atomic E-state index is 0.327. The van der Waals surface area contributed by atoms with Crippen LogP contribution >= 0.6 is 0 Å². The molecule has 5 nitrogen and oxygen atoms in total. The van der Waals surface area contributed by atoms with Gasteiger partial charge < -0.3 is 18.8 Å². The van der Waals surface area contributed by atoms with Crippen LogP contribution in [0.15, 0.2) is 6.20 Å². The maximum absolute atomic E-state index is 6.03. The maximum Gasteiger partial charge on any atom is 0.516 e. The van der Waals surface area contributed by atoms with Gasteiger partial charge in [0.1, 0.15) is 0 Å². The van der Waals surface area contributed by atoms with Crippen LogP contribution in [0.4, 0.5) is 5.95 Å². The van der Waals surface area contributed by atoms with E-state index in [-0.39, 0.29) is 11.2 Å². The number of hydrogen-bond acceptors (Lipinski definition) is 4. The molecule has 1 saturated heterocycles. The van der Waals surface area contributed by atoms with E-state index >= 15 is 0 Å². The van der Waals surface area contributed by atoms with E-state index < -0.39 is 7.12 Å². The van der Waals surface area contributed by atoms with Gasteiger partial charge in [-0.1, -0.05) is 0 Å². The summed E-state index contributed by atoms with van der Waals surface area (Å²) in [4.78, 5) is 6.63. The van der Waals surface area contributed by atoms with Crippen LogP contribution in [0.2, 0.25) is 0 Å². The summed E-state index contributed by atoms with van der Waals surface area (Å²) in [6, 6.07) is 0. The number of imidazole rings is 1. The molecule has 1 aromatic heterocycles. The van der Waals surface area contributed by atoms with Crippen LogP contribution in [0.5, 0.6) is 0 Å². The molecule has 19 heavy (non-hydrogen) atoms. The zero-order chi connectivity index (χ0) is 14.4. The first kappa shape index (κ1) is 14.4. The van der Waals surface area contributed by atoms with Gasteiger partial charge in [0.05, 0.1) is 16.8 Å². The highest BCUT2D eigenvalue weighted by Crippen LogP contribution is 2.36. The molecule has 0 saturated carbocycles. The van der Waals surface area contributed by atoms with Crippen molar-refractivity contribution in [3.8, 4) is 0 Å². The summed E-state index contributed by atoms with van der Waals surface area (Å²) >= 11 is 0. The van der Waals surface area contributed by atoms with Gasteiger partial charge >= 0.3 is 7.12 Å². The van der Waals surface area contributed by atoms with Crippen LogP contribution in [0, 0.1) is 0 Å². The molecule has 106 valence electrons. The first-order valence-electron chi connectivity index (χ1n) is 6.78. The van der Waals surface area contributed by atoms with Crippen LogP contribution < -0.4 is 10.5 Å². The highest BCUT2D eigenvalue weighted by Gasteiger charge is 2.52. The van der Waals surface area contributed by atoms with Crippen molar-refractivity contribution >= 4 is 18.7 Å². The molecule has 1 fully saturated rings. The van der Waals surface area contributed by atoms with Crippen molar-refractivity contribution in [3.63, 3.8) is 0 Å². The van der Waals surface area contributed by atoms with E-state index in [0.29, 0.717) is 0 Å². The van der Waals surface area contributed by atoms with Crippen LogP contribution in [0.1, 0.15) is 34.6 Å². The number of aromatic nitrogens is 2. The second-order valence-corrected chi connectivity index (χ2v) is 6.23. The summed E-state index contributed by atoms with van der Waals surface area (Å²) in [5, 5.41) is 0. The van der Waals surface area contributed by atoms with Gasteiger partial charge in [-0.05, 0) is 34.6 Å². The quantitative estimate of drug-likeness (QED) is 0.771. The molecule has 2 rings (SSSR count). The Morgan fingerprint density at radius 1 is 1.21 bits per heavy atom. The maximum atomic E-state index is 6.03. The van der Waals surface area contributed by atoms with E-state index in [0.717, 1.165) is 18.1 Å². The van der Waals surface area contributed by atoms with E-state index in [1.54, 1.807) is 0 Å². The van der Waals surface area contributed by atoms with E-state index in [1.807, 2.05) is 25.2 Å². The SMILES string of the molecule is CCn1cc(B2OC(C)(C)C(C)(C)O2)nc1N(C)C. The van der Waals surface area contributed by atoms with E-state index in [9.17, 15) is 0 Å². The van der Waals surface area contributed by atoms with Crippen LogP contribution in [-0.4, -0.2) is 42.0 Å². The minimum Gasteiger partial charge on any atom is -0.398 e. The highest BCUT2D eigenvalue weighted by molar-refractivity contribution is 6.61. The molecule has 0 aliphatic carbocycles. The average Bonchev–Trinajstić information content (AvgIpc) is 2.78. The molecule has 1 aliphatic rings. The molecule has 0 atom stereocenters. The van der Waals surface area contributed by atoms with Gasteiger partial charge in [0.15, 0.2) is 0 Å². The lowest BCUT2D eigenvalue weighted by molar-refractivity contribution is 0.00578. The Labute approximate surface area is 116 Å². The molecule has 0 bridgehead atoms. The summed E-state index contributed by atoms with van der Waals surface area (Å²) in [5.74, 6) is 0.923. The smallest absolute Gasteiger partial charge is 0.398 e. The fraction of sp³-hybridized carbons (Fsp3) is 0.769. The summed E-state index contributed by atoms with van der Waals surface area (Å²) in [6.45, 7) is 11.2. The summed E-state index contributed by atoms with van der Waals surface area (Å²) in [6.07, 6.45) is 2.01. The number of hydrogen-bond donors (Lipinski definition) is 0. The number of nitrogens with zero attached hydrogens (tertiary/aromatic N) is 3. The van der Waals surface area contributed by atoms with Gasteiger partial charge in [-0.3, -0.25) is 0 Å². The number of aryl methyl sites for hydroxylation is 1. The second kappa shape index (κ2) is 4.53. The van der Waals surface area contributed by atoms with Gasteiger partial charge in [0, 0.05) is 26.8 Å². The third-order valence-corrected chi connectivity index (χ3v) is 4.01. The molecule has 0 spiro atoms. The topological polar surface area (TPSA) is 39.5 Å². The zero-order valence-corrected chi connectivity index (χ0v) is 13.0. The normalized spacial score (nSPS) is 20.9. The lowest BCUT2D eigenvalue weighted by Gasteiger charge is -2.32. The molecule has 6 heteroatoms. The van der Waals surface area contributed by atoms with E-state index in [4.69, 9.17) is 9.31 Å². The molecule has 0 unspecified atom stereocenters. The number of rotatable bonds is 3. The van der Waals surface area contributed by atoms with Crippen molar-refractivity contribution in [1.29, 1.82) is 0 Å². The number of anilines is 1. The standard InChI is InChI=1S/C13H24BN3O2/c1-8-17-9-10(15-11(17)16(6)7)14-18-12(2,3)13(4,5)19-14/h9H,8H2,1-7H3. The van der Waals surface area contributed by atoms with Crippen LogP contribution in [0.25, 0.3) is 0 Å². The molecule has 0 aromatic carbocycles. The molecule has 0 amide bonds. The van der Waals surface area contributed by atoms with Gasteiger partial charge in [-0.25, -0.2) is 4.98 Å². The molecule has 1 aliphatic heterocycles. The third-order valence-electron chi connectivity index (χ3n) is 4.01. The Morgan fingerprint density at radius 2 is 1.74 bits per heavy atom. The molecular formula is C13H24BN3O2. The van der Waals surface area contributed by atoms with Gasteiger partial charge in [-0.15, -0.1) is 0 Å². The Kier molecular flexibility index (Phi) is 3.43. The van der Waals surface area contributed by atoms with Crippen molar-refractivity contribution in [3.05, 3.63) is 6.20 Å². The molecule has 1 aromatic rings. The Morgan fingerprint density at radius 3 is 2.11 bits per heavy atom. The van der Waals surface area contributed by atoms with Crippen molar-refractivity contribution < 1.29 is 9.31 Å². The van der Waals surface area contributed by atoms with Crippen molar-refractivity contribution in [2.75, 3.05) is 19.0 Å². The Bertz CT molecular complexity index is 452. The molecular weight excluding hydrogens is 241 g/mol. The molecule has 0 N–H and O–H groups in total. The summed E-state index contributed by atoms with van der Waals surface area (Å²) in [5.41, 5.74) is 0.182. The second-order valence-electron chi connectivity index (χ2n) is 6.23. The molecule has 2 heterocycles. The summed E-state index contributed by atoms with van der Waals surface area (Å²) < 4.78 is 14.1. The van der Waals surface area contributed by atoms with Crippen LogP contribution in [0.3, 0.4) is 0 Å². The fourth-order valence-corrected chi connectivity index (χ4v) is 2.09. The zero-order valence-electron chi connectivity index (χ0n) is 13.0. The summed E-state index contributed by atoms with van der Waals surface area (Å²) in [7, 11) is 3.59.